The van der Waals surface area contributed by atoms with E-state index in [1.165, 1.54) is 31.2 Å². The highest BCUT2D eigenvalue weighted by Gasteiger charge is 2.29. The van der Waals surface area contributed by atoms with E-state index in [1.54, 1.807) is 0 Å². The molecule has 0 saturated carbocycles. The first kappa shape index (κ1) is 28.8. The Hall–Kier alpha value is -4.45. The zero-order valence-electron chi connectivity index (χ0n) is 20.2. The third-order valence-corrected chi connectivity index (χ3v) is 5.42. The molecule has 0 radical (unpaired) electrons. The number of primary amides is 1. The van der Waals surface area contributed by atoms with E-state index in [4.69, 9.17) is 11.5 Å². The summed E-state index contributed by atoms with van der Waals surface area (Å²) in [5.41, 5.74) is 12.4. The number of rotatable bonds is 13. The number of nitrogens with one attached hydrogen (secondary N) is 3. The molecular formula is C25H31N5O7. The first-order valence-electron chi connectivity index (χ1n) is 11.5. The van der Waals surface area contributed by atoms with Crippen molar-refractivity contribution in [2.24, 2.45) is 11.5 Å². The molecule has 0 spiro atoms. The quantitative estimate of drug-likeness (QED) is 0.175. The van der Waals surface area contributed by atoms with E-state index in [0.29, 0.717) is 5.56 Å². The fourth-order valence-corrected chi connectivity index (χ4v) is 3.39. The first-order valence-corrected chi connectivity index (χ1v) is 11.5. The van der Waals surface area contributed by atoms with Crippen LogP contribution in [0.15, 0.2) is 54.6 Å². The summed E-state index contributed by atoms with van der Waals surface area (Å²) < 4.78 is 0. The first-order chi connectivity index (χ1) is 17.5. The van der Waals surface area contributed by atoms with Gasteiger partial charge < -0.3 is 37.6 Å². The summed E-state index contributed by atoms with van der Waals surface area (Å²) in [5.74, 6) is -4.59. The SMILES string of the molecule is CC(NC(=O)C(N)Cc1ccccc1)C(=O)NC(Cc1ccc(O)cc1)C(=O)NC(CC(N)=O)C(=O)O. The highest BCUT2D eigenvalue weighted by molar-refractivity contribution is 5.94. The zero-order chi connectivity index (χ0) is 27.5. The minimum Gasteiger partial charge on any atom is -0.508 e. The lowest BCUT2D eigenvalue weighted by atomic mass is 10.0. The van der Waals surface area contributed by atoms with Gasteiger partial charge in [0.15, 0.2) is 0 Å². The molecule has 2 rings (SSSR count). The van der Waals surface area contributed by atoms with Gasteiger partial charge in [-0.2, -0.15) is 0 Å². The second-order valence-electron chi connectivity index (χ2n) is 8.53. The lowest BCUT2D eigenvalue weighted by Crippen LogP contribution is -2.57. The van der Waals surface area contributed by atoms with Crippen molar-refractivity contribution in [1.82, 2.24) is 16.0 Å². The Kier molecular flexibility index (Phi) is 10.6. The number of phenolic OH excluding ortho intramolecular Hbond substituents is 1. The van der Waals surface area contributed by atoms with Gasteiger partial charge in [0, 0.05) is 6.42 Å². The molecule has 0 aliphatic carbocycles. The second-order valence-corrected chi connectivity index (χ2v) is 8.53. The van der Waals surface area contributed by atoms with Crippen LogP contribution in [-0.2, 0) is 36.8 Å². The van der Waals surface area contributed by atoms with Gasteiger partial charge in [-0.15, -0.1) is 0 Å². The van der Waals surface area contributed by atoms with Crippen LogP contribution in [0.3, 0.4) is 0 Å². The van der Waals surface area contributed by atoms with Crippen molar-refractivity contribution in [3.8, 4) is 5.75 Å². The fourth-order valence-electron chi connectivity index (χ4n) is 3.39. The molecule has 0 saturated heterocycles. The van der Waals surface area contributed by atoms with E-state index in [2.05, 4.69) is 16.0 Å². The molecule has 0 heterocycles. The maximum atomic E-state index is 12.9. The highest BCUT2D eigenvalue weighted by atomic mass is 16.4. The van der Waals surface area contributed by atoms with E-state index in [0.717, 1.165) is 5.56 Å². The van der Waals surface area contributed by atoms with E-state index in [1.807, 2.05) is 30.3 Å². The molecule has 37 heavy (non-hydrogen) atoms. The Labute approximate surface area is 213 Å². The maximum Gasteiger partial charge on any atom is 0.326 e. The molecule has 0 aliphatic heterocycles. The summed E-state index contributed by atoms with van der Waals surface area (Å²) in [6.07, 6.45) is -0.467. The molecule has 12 nitrogen and oxygen atoms in total. The van der Waals surface area contributed by atoms with Crippen molar-refractivity contribution in [2.45, 2.75) is 50.4 Å². The smallest absolute Gasteiger partial charge is 0.326 e. The lowest BCUT2D eigenvalue weighted by molar-refractivity contribution is -0.143. The Balaban J connectivity index is 2.10. The molecule has 0 aliphatic rings. The van der Waals surface area contributed by atoms with E-state index >= 15 is 0 Å². The Bertz CT molecular complexity index is 1110. The number of nitrogens with two attached hydrogens (primary N) is 2. The molecule has 12 heteroatoms. The third kappa shape index (κ3) is 9.61. The number of hydrogen-bond donors (Lipinski definition) is 7. The highest BCUT2D eigenvalue weighted by Crippen LogP contribution is 2.12. The van der Waals surface area contributed by atoms with E-state index in [-0.39, 0.29) is 18.6 Å². The predicted octanol–water partition coefficient (Wildman–Crippen LogP) is -1.06. The van der Waals surface area contributed by atoms with Gasteiger partial charge in [-0.05, 0) is 36.6 Å². The summed E-state index contributed by atoms with van der Waals surface area (Å²) >= 11 is 0. The summed E-state index contributed by atoms with van der Waals surface area (Å²) in [5, 5.41) is 26.0. The summed E-state index contributed by atoms with van der Waals surface area (Å²) in [4.78, 5) is 60.9. The minimum absolute atomic E-state index is 0.00985. The standard InChI is InChI=1S/C25H31N5O7/c1-14(28-23(34)18(26)11-15-5-3-2-4-6-15)22(33)29-19(12-16-7-9-17(31)10-8-16)24(35)30-20(25(36)37)13-21(27)32/h2-10,14,18-20,31H,11-13,26H2,1H3,(H2,27,32)(H,28,34)(H,29,33)(H,30,35)(H,36,37). The normalized spacial score (nSPS) is 13.9. The third-order valence-electron chi connectivity index (χ3n) is 5.42. The van der Waals surface area contributed by atoms with Crippen molar-refractivity contribution >= 4 is 29.6 Å². The van der Waals surface area contributed by atoms with Gasteiger partial charge in [-0.1, -0.05) is 42.5 Å². The molecule has 2 aromatic rings. The number of benzene rings is 2. The molecule has 0 aromatic heterocycles. The summed E-state index contributed by atoms with van der Waals surface area (Å²) in [6, 6.07) is 10.0. The number of amides is 4. The van der Waals surface area contributed by atoms with Gasteiger partial charge in [-0.3, -0.25) is 19.2 Å². The van der Waals surface area contributed by atoms with Crippen LogP contribution in [-0.4, -0.2) is 64.0 Å². The van der Waals surface area contributed by atoms with Crippen molar-refractivity contribution in [2.75, 3.05) is 0 Å². The van der Waals surface area contributed by atoms with Crippen LogP contribution in [0, 0.1) is 0 Å². The average molecular weight is 514 g/mol. The fraction of sp³-hybridized carbons (Fsp3) is 0.320. The number of carbonyl (C=O) groups excluding carboxylic acids is 4. The summed E-state index contributed by atoms with van der Waals surface area (Å²) in [7, 11) is 0. The Morgan fingerprint density at radius 1 is 0.784 bits per heavy atom. The van der Waals surface area contributed by atoms with Crippen LogP contribution in [0.1, 0.15) is 24.5 Å². The van der Waals surface area contributed by atoms with E-state index < -0.39 is 60.2 Å². The van der Waals surface area contributed by atoms with Crippen LogP contribution in [0.25, 0.3) is 0 Å². The number of carbonyl (C=O) groups is 5. The van der Waals surface area contributed by atoms with Gasteiger partial charge in [0.05, 0.1) is 12.5 Å². The van der Waals surface area contributed by atoms with Crippen molar-refractivity contribution in [3.05, 3.63) is 65.7 Å². The number of aromatic hydroxyl groups is 1. The second kappa shape index (κ2) is 13.6. The molecule has 4 atom stereocenters. The van der Waals surface area contributed by atoms with Crippen LogP contribution in [0.2, 0.25) is 0 Å². The molecule has 198 valence electrons. The minimum atomic E-state index is -1.60. The molecular weight excluding hydrogens is 482 g/mol. The molecule has 4 unspecified atom stereocenters. The van der Waals surface area contributed by atoms with Gasteiger partial charge in [-0.25, -0.2) is 4.79 Å². The van der Waals surface area contributed by atoms with Crippen LogP contribution in [0.4, 0.5) is 0 Å². The number of carboxylic acids is 1. The number of aliphatic carboxylic acids is 1. The van der Waals surface area contributed by atoms with Gasteiger partial charge in [0.25, 0.3) is 0 Å². The Morgan fingerprint density at radius 2 is 1.35 bits per heavy atom. The lowest BCUT2D eigenvalue weighted by Gasteiger charge is -2.23. The molecule has 4 amide bonds. The van der Waals surface area contributed by atoms with Crippen LogP contribution < -0.4 is 27.4 Å². The van der Waals surface area contributed by atoms with Gasteiger partial charge in [0.2, 0.25) is 23.6 Å². The van der Waals surface area contributed by atoms with Crippen molar-refractivity contribution < 1.29 is 34.2 Å². The van der Waals surface area contributed by atoms with Gasteiger partial charge in [0.1, 0.15) is 23.9 Å². The zero-order valence-corrected chi connectivity index (χ0v) is 20.2. The molecule has 0 fully saturated rings. The molecule has 2 aromatic carbocycles. The van der Waals surface area contributed by atoms with E-state index in [9.17, 15) is 34.2 Å². The number of phenols is 1. The largest absolute Gasteiger partial charge is 0.508 e. The number of hydrogen-bond acceptors (Lipinski definition) is 7. The van der Waals surface area contributed by atoms with Gasteiger partial charge >= 0.3 is 5.97 Å². The number of carboxylic acid groups (broad SMARTS) is 1. The van der Waals surface area contributed by atoms with Crippen molar-refractivity contribution in [3.63, 3.8) is 0 Å². The predicted molar refractivity (Wildman–Crippen MR) is 133 cm³/mol. The molecule has 9 N–H and O–H groups in total. The average Bonchev–Trinajstić information content (AvgIpc) is 2.84. The van der Waals surface area contributed by atoms with Crippen LogP contribution >= 0.6 is 0 Å². The Morgan fingerprint density at radius 3 is 1.92 bits per heavy atom. The maximum absolute atomic E-state index is 12.9. The molecule has 0 bridgehead atoms. The van der Waals surface area contributed by atoms with Crippen LogP contribution in [0.5, 0.6) is 5.75 Å². The topological polar surface area (TPSA) is 214 Å². The van der Waals surface area contributed by atoms with Crippen molar-refractivity contribution in [1.29, 1.82) is 0 Å². The monoisotopic (exact) mass is 513 g/mol. The summed E-state index contributed by atoms with van der Waals surface area (Å²) in [6.45, 7) is 1.41.